The molecule has 116 valence electrons. The SMILES string of the molecule is CCCNCc1cc(Cl)ccc1OC(C)C(=O)NC1CC1. The summed E-state index contributed by atoms with van der Waals surface area (Å²) in [6, 6.07) is 5.84. The van der Waals surface area contributed by atoms with Crippen LogP contribution >= 0.6 is 11.6 Å². The lowest BCUT2D eigenvalue weighted by atomic mass is 10.2. The van der Waals surface area contributed by atoms with Crippen molar-refractivity contribution in [2.24, 2.45) is 0 Å². The molecule has 0 radical (unpaired) electrons. The Kier molecular flexibility index (Phi) is 5.88. The fourth-order valence-electron chi connectivity index (χ4n) is 1.99. The van der Waals surface area contributed by atoms with Gasteiger partial charge in [0, 0.05) is 23.2 Å². The number of benzene rings is 1. The molecule has 0 saturated heterocycles. The van der Waals surface area contributed by atoms with Gasteiger partial charge >= 0.3 is 0 Å². The van der Waals surface area contributed by atoms with E-state index in [0.717, 1.165) is 31.4 Å². The average molecular weight is 311 g/mol. The highest BCUT2D eigenvalue weighted by Crippen LogP contribution is 2.24. The Morgan fingerprint density at radius 3 is 2.90 bits per heavy atom. The van der Waals surface area contributed by atoms with E-state index in [1.54, 1.807) is 13.0 Å². The minimum atomic E-state index is -0.503. The van der Waals surface area contributed by atoms with Gasteiger partial charge in [-0.2, -0.15) is 0 Å². The number of nitrogens with one attached hydrogen (secondary N) is 2. The zero-order valence-electron chi connectivity index (χ0n) is 12.6. The second-order valence-electron chi connectivity index (χ2n) is 5.47. The Balaban J connectivity index is 1.97. The zero-order chi connectivity index (χ0) is 15.2. The molecule has 1 saturated carbocycles. The quantitative estimate of drug-likeness (QED) is 0.726. The first-order valence-electron chi connectivity index (χ1n) is 7.56. The van der Waals surface area contributed by atoms with E-state index in [9.17, 15) is 4.79 Å². The molecule has 1 aromatic rings. The first-order chi connectivity index (χ1) is 10.1. The van der Waals surface area contributed by atoms with Crippen molar-refractivity contribution in [2.75, 3.05) is 6.54 Å². The van der Waals surface area contributed by atoms with Crippen LogP contribution in [0.1, 0.15) is 38.7 Å². The van der Waals surface area contributed by atoms with Gasteiger partial charge in [-0.05, 0) is 50.9 Å². The first kappa shape index (κ1) is 16.1. The number of ether oxygens (including phenoxy) is 1. The highest BCUT2D eigenvalue weighted by molar-refractivity contribution is 6.30. The number of amides is 1. The molecule has 0 aliphatic heterocycles. The van der Waals surface area contributed by atoms with E-state index in [2.05, 4.69) is 17.6 Å². The standard InChI is InChI=1S/C16H23ClN2O2/c1-3-8-18-10-12-9-13(17)4-7-15(12)21-11(2)16(20)19-14-5-6-14/h4,7,9,11,14,18H,3,5-6,8,10H2,1-2H3,(H,19,20). The summed E-state index contributed by atoms with van der Waals surface area (Å²) in [7, 11) is 0. The number of rotatable bonds is 8. The van der Waals surface area contributed by atoms with E-state index >= 15 is 0 Å². The number of carbonyl (C=O) groups is 1. The summed E-state index contributed by atoms with van der Waals surface area (Å²) >= 11 is 6.04. The minimum Gasteiger partial charge on any atom is -0.481 e. The number of carbonyl (C=O) groups excluding carboxylic acids is 1. The van der Waals surface area contributed by atoms with Crippen LogP contribution in [0.15, 0.2) is 18.2 Å². The van der Waals surface area contributed by atoms with Crippen molar-refractivity contribution in [3.8, 4) is 5.75 Å². The molecule has 1 atom stereocenters. The Morgan fingerprint density at radius 2 is 2.24 bits per heavy atom. The number of hydrogen-bond acceptors (Lipinski definition) is 3. The lowest BCUT2D eigenvalue weighted by molar-refractivity contribution is -0.127. The average Bonchev–Trinajstić information content (AvgIpc) is 3.25. The van der Waals surface area contributed by atoms with Crippen molar-refractivity contribution in [1.82, 2.24) is 10.6 Å². The van der Waals surface area contributed by atoms with Crippen LogP contribution in [-0.2, 0) is 11.3 Å². The third-order valence-corrected chi connectivity index (χ3v) is 3.60. The fourth-order valence-corrected chi connectivity index (χ4v) is 2.19. The summed E-state index contributed by atoms with van der Waals surface area (Å²) < 4.78 is 5.81. The van der Waals surface area contributed by atoms with Crippen LogP contribution in [0.3, 0.4) is 0 Å². The second-order valence-corrected chi connectivity index (χ2v) is 5.91. The molecule has 0 spiro atoms. The molecule has 1 aromatic carbocycles. The predicted octanol–water partition coefficient (Wildman–Crippen LogP) is 2.89. The van der Waals surface area contributed by atoms with Crippen molar-refractivity contribution < 1.29 is 9.53 Å². The molecule has 5 heteroatoms. The van der Waals surface area contributed by atoms with E-state index in [0.29, 0.717) is 23.4 Å². The van der Waals surface area contributed by atoms with Gasteiger partial charge in [-0.15, -0.1) is 0 Å². The van der Waals surface area contributed by atoms with E-state index in [-0.39, 0.29) is 5.91 Å². The Hall–Kier alpha value is -1.26. The maximum absolute atomic E-state index is 12.0. The van der Waals surface area contributed by atoms with Crippen molar-refractivity contribution in [2.45, 2.75) is 51.8 Å². The highest BCUT2D eigenvalue weighted by Gasteiger charge is 2.26. The lowest BCUT2D eigenvalue weighted by Crippen LogP contribution is -2.37. The molecule has 1 aliphatic rings. The maximum Gasteiger partial charge on any atom is 0.260 e. The molecule has 4 nitrogen and oxygen atoms in total. The number of hydrogen-bond donors (Lipinski definition) is 2. The lowest BCUT2D eigenvalue weighted by Gasteiger charge is -2.17. The van der Waals surface area contributed by atoms with Crippen molar-refractivity contribution in [1.29, 1.82) is 0 Å². The molecule has 1 aliphatic carbocycles. The van der Waals surface area contributed by atoms with E-state index in [4.69, 9.17) is 16.3 Å². The normalized spacial score (nSPS) is 15.6. The molecule has 21 heavy (non-hydrogen) atoms. The Labute approximate surface area is 131 Å². The van der Waals surface area contributed by atoms with E-state index < -0.39 is 6.10 Å². The van der Waals surface area contributed by atoms with Gasteiger partial charge in [-0.1, -0.05) is 18.5 Å². The molecular formula is C16H23ClN2O2. The summed E-state index contributed by atoms with van der Waals surface area (Å²) in [5.41, 5.74) is 0.974. The van der Waals surface area contributed by atoms with Crippen LogP contribution in [0.25, 0.3) is 0 Å². The van der Waals surface area contributed by atoms with Gasteiger partial charge in [0.15, 0.2) is 6.10 Å². The van der Waals surface area contributed by atoms with Gasteiger partial charge in [-0.25, -0.2) is 0 Å². The molecule has 1 unspecified atom stereocenters. The van der Waals surface area contributed by atoms with Gasteiger partial charge in [0.05, 0.1) is 0 Å². The largest absolute Gasteiger partial charge is 0.481 e. The molecule has 1 amide bonds. The van der Waals surface area contributed by atoms with Crippen LogP contribution in [0.4, 0.5) is 0 Å². The second kappa shape index (κ2) is 7.66. The van der Waals surface area contributed by atoms with Gasteiger partial charge in [0.1, 0.15) is 5.75 Å². The summed E-state index contributed by atoms with van der Waals surface area (Å²) in [5, 5.41) is 6.95. The topological polar surface area (TPSA) is 50.4 Å². The minimum absolute atomic E-state index is 0.0556. The van der Waals surface area contributed by atoms with Crippen molar-refractivity contribution >= 4 is 17.5 Å². The molecule has 0 aromatic heterocycles. The van der Waals surface area contributed by atoms with Crippen molar-refractivity contribution in [3.63, 3.8) is 0 Å². The van der Waals surface area contributed by atoms with Crippen LogP contribution in [0.5, 0.6) is 5.75 Å². The molecular weight excluding hydrogens is 288 g/mol. The van der Waals surface area contributed by atoms with E-state index in [1.165, 1.54) is 0 Å². The first-order valence-corrected chi connectivity index (χ1v) is 7.94. The van der Waals surface area contributed by atoms with Crippen LogP contribution in [0.2, 0.25) is 5.02 Å². The Morgan fingerprint density at radius 1 is 1.48 bits per heavy atom. The van der Waals surface area contributed by atoms with Crippen LogP contribution in [0, 0.1) is 0 Å². The maximum atomic E-state index is 12.0. The smallest absolute Gasteiger partial charge is 0.260 e. The summed E-state index contributed by atoms with van der Waals surface area (Å²) in [5.74, 6) is 0.654. The highest BCUT2D eigenvalue weighted by atomic mass is 35.5. The monoisotopic (exact) mass is 310 g/mol. The molecule has 0 heterocycles. The fraction of sp³-hybridized carbons (Fsp3) is 0.562. The number of halogens is 1. The summed E-state index contributed by atoms with van der Waals surface area (Å²) in [4.78, 5) is 12.0. The van der Waals surface area contributed by atoms with Crippen molar-refractivity contribution in [3.05, 3.63) is 28.8 Å². The van der Waals surface area contributed by atoms with Gasteiger partial charge in [-0.3, -0.25) is 4.79 Å². The third kappa shape index (κ3) is 5.21. The molecule has 2 rings (SSSR count). The summed E-state index contributed by atoms with van der Waals surface area (Å²) in [6.45, 7) is 5.51. The third-order valence-electron chi connectivity index (χ3n) is 3.36. The molecule has 2 N–H and O–H groups in total. The predicted molar refractivity (Wildman–Crippen MR) is 84.7 cm³/mol. The molecule has 0 bridgehead atoms. The van der Waals surface area contributed by atoms with Gasteiger partial charge in [0.25, 0.3) is 5.91 Å². The van der Waals surface area contributed by atoms with E-state index in [1.807, 2.05) is 12.1 Å². The Bertz CT molecular complexity index is 489. The molecule has 1 fully saturated rings. The van der Waals surface area contributed by atoms with Gasteiger partial charge < -0.3 is 15.4 Å². The summed E-state index contributed by atoms with van der Waals surface area (Å²) in [6.07, 6.45) is 2.71. The van der Waals surface area contributed by atoms with Crippen LogP contribution in [-0.4, -0.2) is 24.6 Å². The van der Waals surface area contributed by atoms with Gasteiger partial charge in [0.2, 0.25) is 0 Å². The van der Waals surface area contributed by atoms with Crippen LogP contribution < -0.4 is 15.4 Å². The zero-order valence-corrected chi connectivity index (χ0v) is 13.4.